The van der Waals surface area contributed by atoms with Crippen molar-refractivity contribution in [3.05, 3.63) is 0 Å². The molecule has 0 aromatic carbocycles. The maximum Gasteiger partial charge on any atom is 0.331 e. The highest BCUT2D eigenvalue weighted by atomic mass is 31.2. The minimum absolute atomic E-state index is 0.0632. The second-order valence-electron chi connectivity index (χ2n) is 5.65. The Bertz CT molecular complexity index is 292. The molecule has 1 aliphatic heterocycles. The van der Waals surface area contributed by atoms with Crippen LogP contribution in [0.1, 0.15) is 40.5 Å². The molecule has 5 heteroatoms. The molecule has 0 spiro atoms. The first-order valence-electron chi connectivity index (χ1n) is 6.49. The van der Waals surface area contributed by atoms with Crippen molar-refractivity contribution < 1.29 is 18.3 Å². The van der Waals surface area contributed by atoms with Crippen molar-refractivity contribution in [2.24, 2.45) is 5.92 Å². The molecule has 3 atom stereocenters. The first-order chi connectivity index (χ1) is 7.88. The van der Waals surface area contributed by atoms with Gasteiger partial charge in [0.25, 0.3) is 0 Å². The van der Waals surface area contributed by atoms with E-state index in [-0.39, 0.29) is 12.2 Å². The molecule has 1 heterocycles. The lowest BCUT2D eigenvalue weighted by atomic mass is 10.1. The van der Waals surface area contributed by atoms with Gasteiger partial charge in [-0.2, -0.15) is 0 Å². The quantitative estimate of drug-likeness (QED) is 0.544. The number of epoxide rings is 1. The van der Waals surface area contributed by atoms with E-state index in [9.17, 15) is 4.57 Å². The van der Waals surface area contributed by atoms with Crippen LogP contribution in [0, 0.1) is 5.92 Å². The SMILES string of the molecule is CC(C)OP(=O)(CC1C[C@@H]2O[C@@H]2C1)OC(C)C. The van der Waals surface area contributed by atoms with Gasteiger partial charge in [0, 0.05) is 0 Å². The molecule has 0 aromatic rings. The number of hydrogen-bond acceptors (Lipinski definition) is 4. The Morgan fingerprint density at radius 3 is 2.00 bits per heavy atom. The molecule has 2 rings (SSSR count). The van der Waals surface area contributed by atoms with Gasteiger partial charge in [-0.1, -0.05) is 0 Å². The van der Waals surface area contributed by atoms with E-state index >= 15 is 0 Å². The zero-order valence-corrected chi connectivity index (χ0v) is 12.0. The van der Waals surface area contributed by atoms with E-state index < -0.39 is 7.60 Å². The Morgan fingerprint density at radius 1 is 1.12 bits per heavy atom. The van der Waals surface area contributed by atoms with E-state index in [4.69, 9.17) is 13.8 Å². The van der Waals surface area contributed by atoms with Gasteiger partial charge >= 0.3 is 7.60 Å². The van der Waals surface area contributed by atoms with Crippen LogP contribution in [0.5, 0.6) is 0 Å². The largest absolute Gasteiger partial charge is 0.370 e. The van der Waals surface area contributed by atoms with E-state index in [0.29, 0.717) is 24.3 Å². The molecule has 4 nitrogen and oxygen atoms in total. The topological polar surface area (TPSA) is 48.1 Å². The van der Waals surface area contributed by atoms with Gasteiger partial charge in [-0.15, -0.1) is 0 Å². The Kier molecular flexibility index (Phi) is 3.99. The summed E-state index contributed by atoms with van der Waals surface area (Å²) in [7, 11) is -2.94. The van der Waals surface area contributed by atoms with E-state index in [1.54, 1.807) is 0 Å². The summed E-state index contributed by atoms with van der Waals surface area (Å²) in [6, 6.07) is 0. The van der Waals surface area contributed by atoms with E-state index in [2.05, 4.69) is 0 Å². The molecule has 2 aliphatic rings. The van der Waals surface area contributed by atoms with Gasteiger partial charge in [-0.05, 0) is 46.5 Å². The van der Waals surface area contributed by atoms with Crippen LogP contribution in [0.25, 0.3) is 0 Å². The third kappa shape index (κ3) is 3.78. The molecule has 100 valence electrons. The van der Waals surface area contributed by atoms with Crippen molar-refractivity contribution in [1.29, 1.82) is 0 Å². The molecule has 0 aromatic heterocycles. The molecular weight excluding hydrogens is 239 g/mol. The molecule has 0 bridgehead atoms. The average molecular weight is 262 g/mol. The van der Waals surface area contributed by atoms with Gasteiger partial charge in [0.1, 0.15) is 0 Å². The Morgan fingerprint density at radius 2 is 1.59 bits per heavy atom. The minimum atomic E-state index is -2.94. The van der Waals surface area contributed by atoms with Crippen LogP contribution in [0.4, 0.5) is 0 Å². The summed E-state index contributed by atoms with van der Waals surface area (Å²) in [6.45, 7) is 7.58. The van der Waals surface area contributed by atoms with Crippen LogP contribution in [0.2, 0.25) is 0 Å². The lowest BCUT2D eigenvalue weighted by Gasteiger charge is -2.25. The summed E-state index contributed by atoms with van der Waals surface area (Å²) in [5.74, 6) is 0.432. The van der Waals surface area contributed by atoms with Gasteiger partial charge in [-0.3, -0.25) is 4.57 Å². The molecule has 1 saturated heterocycles. The lowest BCUT2D eigenvalue weighted by molar-refractivity contribution is 0.138. The molecule has 0 N–H and O–H groups in total. The molecule has 1 unspecified atom stereocenters. The molecule has 2 fully saturated rings. The second kappa shape index (κ2) is 5.00. The summed E-state index contributed by atoms with van der Waals surface area (Å²) in [4.78, 5) is 0. The summed E-state index contributed by atoms with van der Waals surface area (Å²) in [5.41, 5.74) is 0. The summed E-state index contributed by atoms with van der Waals surface area (Å²) in [6.07, 6.45) is 3.28. The predicted molar refractivity (Wildman–Crippen MR) is 66.3 cm³/mol. The summed E-state index contributed by atoms with van der Waals surface area (Å²) in [5, 5.41) is 0. The van der Waals surface area contributed by atoms with Crippen molar-refractivity contribution >= 4 is 7.60 Å². The van der Waals surface area contributed by atoms with Crippen LogP contribution in [0.3, 0.4) is 0 Å². The molecular formula is C12H23O4P. The number of ether oxygens (including phenoxy) is 1. The number of hydrogen-bond donors (Lipinski definition) is 0. The maximum absolute atomic E-state index is 12.6. The number of rotatable bonds is 6. The number of fused-ring (bicyclic) bond motifs is 1. The van der Waals surface area contributed by atoms with Crippen LogP contribution in [-0.4, -0.2) is 30.6 Å². The highest BCUT2D eigenvalue weighted by Crippen LogP contribution is 2.56. The van der Waals surface area contributed by atoms with Crippen LogP contribution in [0.15, 0.2) is 0 Å². The van der Waals surface area contributed by atoms with E-state index in [0.717, 1.165) is 12.8 Å². The summed E-state index contributed by atoms with van der Waals surface area (Å²) >= 11 is 0. The fourth-order valence-corrected chi connectivity index (χ4v) is 5.00. The second-order valence-corrected chi connectivity index (χ2v) is 7.66. The molecule has 1 aliphatic carbocycles. The zero-order chi connectivity index (χ0) is 12.6. The van der Waals surface area contributed by atoms with Crippen LogP contribution < -0.4 is 0 Å². The third-order valence-corrected chi connectivity index (χ3v) is 5.49. The lowest BCUT2D eigenvalue weighted by Crippen LogP contribution is -2.15. The van der Waals surface area contributed by atoms with Crippen molar-refractivity contribution in [2.45, 2.75) is 65.0 Å². The third-order valence-electron chi connectivity index (χ3n) is 3.04. The molecule has 1 saturated carbocycles. The smallest absolute Gasteiger partial charge is 0.331 e. The maximum atomic E-state index is 12.6. The Hall–Kier alpha value is 0.110. The van der Waals surface area contributed by atoms with E-state index in [1.165, 1.54) is 0 Å². The Labute approximate surface area is 104 Å². The standard InChI is InChI=1S/C12H23O4P/c1-8(2)15-17(13,16-9(3)4)7-10-5-11-12(6-10)14-11/h8-12H,5-7H2,1-4H3/t10?,11-,12+. The van der Waals surface area contributed by atoms with Gasteiger partial charge in [0.2, 0.25) is 0 Å². The van der Waals surface area contributed by atoms with Gasteiger partial charge < -0.3 is 13.8 Å². The monoisotopic (exact) mass is 262 g/mol. The first kappa shape index (κ1) is 13.5. The van der Waals surface area contributed by atoms with Crippen LogP contribution >= 0.6 is 7.60 Å². The molecule has 17 heavy (non-hydrogen) atoms. The van der Waals surface area contributed by atoms with Gasteiger partial charge in [-0.25, -0.2) is 0 Å². The highest BCUT2D eigenvalue weighted by Gasteiger charge is 2.49. The fraction of sp³-hybridized carbons (Fsp3) is 1.00. The first-order valence-corrected chi connectivity index (χ1v) is 8.22. The highest BCUT2D eigenvalue weighted by molar-refractivity contribution is 7.53. The minimum Gasteiger partial charge on any atom is -0.370 e. The van der Waals surface area contributed by atoms with Crippen molar-refractivity contribution in [1.82, 2.24) is 0 Å². The molecule has 0 amide bonds. The zero-order valence-electron chi connectivity index (χ0n) is 11.1. The fourth-order valence-electron chi connectivity index (χ4n) is 2.57. The average Bonchev–Trinajstić information content (AvgIpc) is 2.69. The predicted octanol–water partition coefficient (Wildman–Crippen LogP) is 3.21. The summed E-state index contributed by atoms with van der Waals surface area (Å²) < 4.78 is 29.1. The molecule has 0 radical (unpaired) electrons. The Balaban J connectivity index is 1.92. The van der Waals surface area contributed by atoms with Gasteiger partial charge in [0.05, 0.1) is 30.6 Å². The van der Waals surface area contributed by atoms with Crippen molar-refractivity contribution in [2.75, 3.05) is 6.16 Å². The normalized spacial score (nSPS) is 32.2. The van der Waals surface area contributed by atoms with Crippen molar-refractivity contribution in [3.63, 3.8) is 0 Å². The van der Waals surface area contributed by atoms with Crippen LogP contribution in [-0.2, 0) is 18.3 Å². The van der Waals surface area contributed by atoms with Gasteiger partial charge in [0.15, 0.2) is 0 Å². The van der Waals surface area contributed by atoms with Crippen molar-refractivity contribution in [3.8, 4) is 0 Å². The van der Waals surface area contributed by atoms with E-state index in [1.807, 2.05) is 27.7 Å².